The Morgan fingerprint density at radius 3 is 2.59 bits per heavy atom. The third-order valence-corrected chi connectivity index (χ3v) is 4.76. The molecular weight excluding hydrogens is 306 g/mol. The molecule has 2 rings (SSSR count). The molecule has 6 nitrogen and oxygen atoms in total. The maximum absolute atomic E-state index is 12.3. The molecule has 0 aromatic heterocycles. The minimum Gasteiger partial charge on any atom is -0.497 e. The number of hydrogen-bond donors (Lipinski definition) is 0. The first kappa shape index (κ1) is 16.5. The molecule has 7 heteroatoms. The fraction of sp³-hybridized carbons (Fsp3) is 0.400. The van der Waals surface area contributed by atoms with Crippen molar-refractivity contribution >= 4 is 22.0 Å². The molecule has 0 saturated carbocycles. The van der Waals surface area contributed by atoms with Crippen LogP contribution in [0.2, 0.25) is 0 Å². The second-order valence-corrected chi connectivity index (χ2v) is 6.45. The lowest BCUT2D eigenvalue weighted by atomic mass is 10.2. The SMILES string of the molecule is CCOC1CCC(=O)N1S(=O)(=O)/C=C/c1ccc(OC)cc1. The Morgan fingerprint density at radius 2 is 2.00 bits per heavy atom. The normalized spacial score (nSPS) is 19.1. The van der Waals surface area contributed by atoms with E-state index in [4.69, 9.17) is 9.47 Å². The van der Waals surface area contributed by atoms with E-state index in [-0.39, 0.29) is 6.42 Å². The summed E-state index contributed by atoms with van der Waals surface area (Å²) < 4.78 is 35.9. The molecule has 1 aliphatic heterocycles. The van der Waals surface area contributed by atoms with Crippen molar-refractivity contribution in [2.24, 2.45) is 0 Å². The number of nitrogens with zero attached hydrogens (tertiary/aromatic N) is 1. The molecule has 0 bridgehead atoms. The lowest BCUT2D eigenvalue weighted by Gasteiger charge is -2.22. The van der Waals surface area contributed by atoms with Gasteiger partial charge in [0.1, 0.15) is 12.0 Å². The molecule has 22 heavy (non-hydrogen) atoms. The van der Waals surface area contributed by atoms with Gasteiger partial charge in [0.15, 0.2) is 0 Å². The number of carbonyl (C=O) groups excluding carboxylic acids is 1. The van der Waals surface area contributed by atoms with Crippen molar-refractivity contribution in [2.45, 2.75) is 26.0 Å². The van der Waals surface area contributed by atoms with Crippen molar-refractivity contribution in [3.05, 3.63) is 35.2 Å². The van der Waals surface area contributed by atoms with E-state index >= 15 is 0 Å². The Labute approximate surface area is 130 Å². The van der Waals surface area contributed by atoms with E-state index in [2.05, 4.69) is 0 Å². The van der Waals surface area contributed by atoms with Crippen LogP contribution >= 0.6 is 0 Å². The van der Waals surface area contributed by atoms with Crippen molar-refractivity contribution in [1.29, 1.82) is 0 Å². The van der Waals surface area contributed by atoms with E-state index in [1.54, 1.807) is 38.3 Å². The summed E-state index contributed by atoms with van der Waals surface area (Å²) in [6.07, 6.45) is 1.31. The molecule has 0 N–H and O–H groups in total. The molecule has 1 saturated heterocycles. The molecule has 0 aliphatic carbocycles. The molecule has 120 valence electrons. The molecule has 1 atom stereocenters. The van der Waals surface area contributed by atoms with Crippen LogP contribution in [-0.4, -0.2) is 38.6 Å². The van der Waals surface area contributed by atoms with Crippen LogP contribution in [0.3, 0.4) is 0 Å². The van der Waals surface area contributed by atoms with Gasteiger partial charge in [0, 0.05) is 19.4 Å². The highest BCUT2D eigenvalue weighted by Crippen LogP contribution is 2.24. The van der Waals surface area contributed by atoms with Crippen LogP contribution in [0.15, 0.2) is 29.7 Å². The highest BCUT2D eigenvalue weighted by molar-refractivity contribution is 7.92. The summed E-state index contributed by atoms with van der Waals surface area (Å²) in [6, 6.07) is 6.93. The molecule has 1 aromatic carbocycles. The van der Waals surface area contributed by atoms with Crippen LogP contribution in [0.4, 0.5) is 0 Å². The van der Waals surface area contributed by atoms with Crippen molar-refractivity contribution in [3.8, 4) is 5.75 Å². The molecule has 1 aromatic rings. The fourth-order valence-corrected chi connectivity index (χ4v) is 3.56. The first-order valence-corrected chi connectivity index (χ1v) is 8.49. The van der Waals surface area contributed by atoms with Gasteiger partial charge >= 0.3 is 0 Å². The van der Waals surface area contributed by atoms with Crippen LogP contribution in [0.1, 0.15) is 25.3 Å². The van der Waals surface area contributed by atoms with Crippen LogP contribution in [0.5, 0.6) is 5.75 Å². The van der Waals surface area contributed by atoms with Gasteiger partial charge in [0.25, 0.3) is 10.0 Å². The van der Waals surface area contributed by atoms with Gasteiger partial charge in [-0.2, -0.15) is 0 Å². The Balaban J connectivity index is 2.18. The zero-order valence-electron chi connectivity index (χ0n) is 12.6. The summed E-state index contributed by atoms with van der Waals surface area (Å²) in [6.45, 7) is 2.12. The second-order valence-electron chi connectivity index (χ2n) is 4.76. The highest BCUT2D eigenvalue weighted by atomic mass is 32.2. The topological polar surface area (TPSA) is 72.9 Å². The van der Waals surface area contributed by atoms with E-state index < -0.39 is 22.2 Å². The van der Waals surface area contributed by atoms with Crippen LogP contribution in [-0.2, 0) is 19.6 Å². The average Bonchev–Trinajstić information content (AvgIpc) is 2.88. The first-order valence-electron chi connectivity index (χ1n) is 6.99. The van der Waals surface area contributed by atoms with Crippen molar-refractivity contribution in [3.63, 3.8) is 0 Å². The van der Waals surface area contributed by atoms with E-state index in [1.807, 2.05) is 0 Å². The van der Waals surface area contributed by atoms with Crippen molar-refractivity contribution in [2.75, 3.05) is 13.7 Å². The molecule has 1 heterocycles. The van der Waals surface area contributed by atoms with Crippen molar-refractivity contribution < 1.29 is 22.7 Å². The Morgan fingerprint density at radius 1 is 1.32 bits per heavy atom. The number of benzene rings is 1. The lowest BCUT2D eigenvalue weighted by molar-refractivity contribution is -0.128. The summed E-state index contributed by atoms with van der Waals surface area (Å²) in [5.74, 6) is 0.254. The average molecular weight is 325 g/mol. The first-order chi connectivity index (χ1) is 10.5. The Hall–Kier alpha value is -1.86. The van der Waals surface area contributed by atoms with Gasteiger partial charge in [-0.1, -0.05) is 12.1 Å². The second kappa shape index (κ2) is 6.93. The van der Waals surface area contributed by atoms with Gasteiger partial charge in [-0.15, -0.1) is 0 Å². The molecule has 1 unspecified atom stereocenters. The maximum Gasteiger partial charge on any atom is 0.261 e. The summed E-state index contributed by atoms with van der Waals surface area (Å²) in [7, 11) is -2.29. The van der Waals surface area contributed by atoms with Gasteiger partial charge in [-0.3, -0.25) is 4.79 Å². The summed E-state index contributed by atoms with van der Waals surface area (Å²) >= 11 is 0. The third-order valence-electron chi connectivity index (χ3n) is 3.29. The van der Waals surface area contributed by atoms with Crippen LogP contribution in [0.25, 0.3) is 6.08 Å². The number of carbonyl (C=O) groups is 1. The van der Waals surface area contributed by atoms with Gasteiger partial charge in [0.2, 0.25) is 5.91 Å². The largest absolute Gasteiger partial charge is 0.497 e. The predicted molar refractivity (Wildman–Crippen MR) is 82.4 cm³/mol. The van der Waals surface area contributed by atoms with E-state index in [0.717, 1.165) is 9.71 Å². The number of sulfonamides is 1. The maximum atomic E-state index is 12.3. The van der Waals surface area contributed by atoms with Crippen LogP contribution in [0, 0.1) is 0 Å². The minimum absolute atomic E-state index is 0.181. The van der Waals surface area contributed by atoms with E-state index in [0.29, 0.717) is 24.3 Å². The third kappa shape index (κ3) is 3.66. The quantitative estimate of drug-likeness (QED) is 0.799. The molecule has 0 radical (unpaired) electrons. The van der Waals surface area contributed by atoms with Crippen molar-refractivity contribution in [1.82, 2.24) is 4.31 Å². The van der Waals surface area contributed by atoms with Gasteiger partial charge < -0.3 is 9.47 Å². The number of rotatable bonds is 6. The lowest BCUT2D eigenvalue weighted by Crippen LogP contribution is -2.38. The highest BCUT2D eigenvalue weighted by Gasteiger charge is 2.38. The minimum atomic E-state index is -3.85. The zero-order chi connectivity index (χ0) is 16.2. The van der Waals surface area contributed by atoms with E-state index in [1.165, 1.54) is 6.08 Å². The number of hydrogen-bond acceptors (Lipinski definition) is 5. The van der Waals surface area contributed by atoms with Gasteiger partial charge in [-0.25, -0.2) is 12.7 Å². The summed E-state index contributed by atoms with van der Waals surface area (Å²) in [5.41, 5.74) is 0.698. The predicted octanol–water partition coefficient (Wildman–Crippen LogP) is 1.98. The molecular formula is C15H19NO5S. The monoisotopic (exact) mass is 325 g/mol. The summed E-state index contributed by atoms with van der Waals surface area (Å²) in [4.78, 5) is 11.8. The van der Waals surface area contributed by atoms with E-state index in [9.17, 15) is 13.2 Å². The smallest absolute Gasteiger partial charge is 0.261 e. The molecule has 1 aliphatic rings. The standard InChI is InChI=1S/C15H19NO5S/c1-3-21-15-9-8-14(17)16(15)22(18,19)11-10-12-4-6-13(20-2)7-5-12/h4-7,10-11,15H,3,8-9H2,1-2H3/b11-10+. The molecule has 1 amide bonds. The fourth-order valence-electron chi connectivity index (χ4n) is 2.23. The Kier molecular flexibility index (Phi) is 5.20. The van der Waals surface area contributed by atoms with Gasteiger partial charge in [-0.05, 0) is 30.7 Å². The Bertz CT molecular complexity index is 651. The van der Waals surface area contributed by atoms with Gasteiger partial charge in [0.05, 0.1) is 12.5 Å². The number of methoxy groups -OCH3 is 1. The zero-order valence-corrected chi connectivity index (χ0v) is 13.4. The number of ether oxygens (including phenoxy) is 2. The number of amides is 1. The molecule has 1 fully saturated rings. The molecule has 0 spiro atoms. The van der Waals surface area contributed by atoms with Crippen LogP contribution < -0.4 is 4.74 Å². The summed E-state index contributed by atoms with van der Waals surface area (Å²) in [5, 5.41) is 1.03.